The van der Waals surface area contributed by atoms with E-state index in [4.69, 9.17) is 0 Å². The van der Waals surface area contributed by atoms with Gasteiger partial charge in [-0.3, -0.25) is 0 Å². The molecule has 0 atom stereocenters. The van der Waals surface area contributed by atoms with Crippen molar-refractivity contribution in [1.29, 1.82) is 0 Å². The normalized spacial score (nSPS) is 10.9. The summed E-state index contributed by atoms with van der Waals surface area (Å²) in [6, 6.07) is 21.9. The Labute approximate surface area is 158 Å². The summed E-state index contributed by atoms with van der Waals surface area (Å²) >= 11 is 0. The molecule has 0 saturated carbocycles. The van der Waals surface area contributed by atoms with Gasteiger partial charge in [0.1, 0.15) is 0 Å². The average Bonchev–Trinajstić information content (AvgIpc) is 2.68. The molecule has 0 unspecified atom stereocenters. The largest absolute Gasteiger partial charge is 0.367 e. The zero-order chi connectivity index (χ0) is 18.5. The fraction of sp³-hybridized carbons (Fsp3) is 0.280. The van der Waals surface area contributed by atoms with Crippen LogP contribution in [0.5, 0.6) is 0 Å². The van der Waals surface area contributed by atoms with E-state index in [2.05, 4.69) is 92.9 Å². The first-order valence-electron chi connectivity index (χ1n) is 9.64. The Morgan fingerprint density at radius 2 is 1.73 bits per heavy atom. The second-order valence-corrected chi connectivity index (χ2v) is 7.01. The molecule has 0 spiro atoms. The van der Waals surface area contributed by atoms with Crippen LogP contribution in [0.2, 0.25) is 0 Å². The number of aryl methyl sites for hydroxylation is 2. The lowest BCUT2D eigenvalue weighted by molar-refractivity contribution is 0.390. The van der Waals surface area contributed by atoms with E-state index < -0.39 is 0 Å². The highest BCUT2D eigenvalue weighted by Gasteiger charge is 2.13. The van der Waals surface area contributed by atoms with Gasteiger partial charge in [0, 0.05) is 24.4 Å². The Morgan fingerprint density at radius 1 is 0.962 bits per heavy atom. The average molecular weight is 344 g/mol. The van der Waals surface area contributed by atoms with Gasteiger partial charge in [0.15, 0.2) is 0 Å². The first-order chi connectivity index (χ1) is 12.6. The number of nitrogens with zero attached hydrogens (tertiary/aromatic N) is 1. The Balaban J connectivity index is 1.93. The van der Waals surface area contributed by atoms with E-state index in [1.807, 2.05) is 0 Å². The van der Waals surface area contributed by atoms with Gasteiger partial charge in [-0.25, -0.2) is 0 Å². The minimum absolute atomic E-state index is 0.908. The van der Waals surface area contributed by atoms with Crippen molar-refractivity contribution in [2.45, 2.75) is 40.2 Å². The summed E-state index contributed by atoms with van der Waals surface area (Å²) in [6.07, 6.45) is 2.19. The highest BCUT2D eigenvalue weighted by atomic mass is 15.1. The van der Waals surface area contributed by atoms with Gasteiger partial charge in [-0.05, 0) is 47.2 Å². The van der Waals surface area contributed by atoms with E-state index in [0.717, 1.165) is 31.6 Å². The third kappa shape index (κ3) is 3.83. The maximum Gasteiger partial charge on any atom is 0.0432 e. The Hall–Kier alpha value is -2.54. The Bertz CT molecular complexity index is 902. The third-order valence-electron chi connectivity index (χ3n) is 5.15. The van der Waals surface area contributed by atoms with Gasteiger partial charge in [0.05, 0.1) is 0 Å². The SMILES string of the molecule is C=C(c1cccc2ccccc12)N(CCC)Cc1ccc(CC)cc1C. The van der Waals surface area contributed by atoms with Gasteiger partial charge >= 0.3 is 0 Å². The van der Waals surface area contributed by atoms with Crippen LogP contribution < -0.4 is 0 Å². The molecule has 1 heteroatoms. The maximum atomic E-state index is 4.48. The fourth-order valence-corrected chi connectivity index (χ4v) is 3.59. The van der Waals surface area contributed by atoms with Crippen molar-refractivity contribution in [3.63, 3.8) is 0 Å². The number of fused-ring (bicyclic) bond motifs is 1. The van der Waals surface area contributed by atoms with Crippen molar-refractivity contribution in [1.82, 2.24) is 4.90 Å². The molecule has 1 nitrogen and oxygen atoms in total. The van der Waals surface area contributed by atoms with Crippen LogP contribution in [0.15, 0.2) is 67.2 Å². The highest BCUT2D eigenvalue weighted by Crippen LogP contribution is 2.28. The van der Waals surface area contributed by atoms with Gasteiger partial charge in [-0.1, -0.05) is 81.1 Å². The predicted molar refractivity (Wildman–Crippen MR) is 114 cm³/mol. The van der Waals surface area contributed by atoms with E-state index in [0.29, 0.717) is 0 Å². The van der Waals surface area contributed by atoms with Crippen LogP contribution in [0.25, 0.3) is 16.5 Å². The first-order valence-corrected chi connectivity index (χ1v) is 9.64. The van der Waals surface area contributed by atoms with Gasteiger partial charge in [0.25, 0.3) is 0 Å². The zero-order valence-electron chi connectivity index (χ0n) is 16.3. The third-order valence-corrected chi connectivity index (χ3v) is 5.15. The number of hydrogen-bond donors (Lipinski definition) is 0. The molecule has 0 bridgehead atoms. The molecule has 0 fully saturated rings. The summed E-state index contributed by atoms with van der Waals surface area (Å²) in [4.78, 5) is 2.43. The van der Waals surface area contributed by atoms with Crippen molar-refractivity contribution in [3.05, 3.63) is 89.5 Å². The minimum atomic E-state index is 0.908. The number of hydrogen-bond acceptors (Lipinski definition) is 1. The number of rotatable bonds is 7. The fourth-order valence-electron chi connectivity index (χ4n) is 3.59. The van der Waals surface area contributed by atoms with Crippen LogP contribution in [0, 0.1) is 6.92 Å². The molecule has 0 aliphatic rings. The van der Waals surface area contributed by atoms with Gasteiger partial charge in [-0.15, -0.1) is 0 Å². The summed E-state index contributed by atoms with van der Waals surface area (Å²) in [6.45, 7) is 13.1. The molecule has 0 radical (unpaired) electrons. The van der Waals surface area contributed by atoms with Crippen LogP contribution >= 0.6 is 0 Å². The molecule has 3 aromatic rings. The van der Waals surface area contributed by atoms with E-state index in [1.165, 1.54) is 33.0 Å². The summed E-state index contributed by atoms with van der Waals surface area (Å²) in [7, 11) is 0. The van der Waals surface area contributed by atoms with Crippen molar-refractivity contribution in [2.75, 3.05) is 6.54 Å². The van der Waals surface area contributed by atoms with E-state index in [9.17, 15) is 0 Å². The lowest BCUT2D eigenvalue weighted by Crippen LogP contribution is -2.22. The molecule has 0 aliphatic carbocycles. The Morgan fingerprint density at radius 3 is 2.46 bits per heavy atom. The molecule has 134 valence electrons. The van der Waals surface area contributed by atoms with E-state index in [-0.39, 0.29) is 0 Å². The molecular formula is C25H29N. The van der Waals surface area contributed by atoms with Crippen LogP contribution in [-0.2, 0) is 13.0 Å². The van der Waals surface area contributed by atoms with Crippen LogP contribution in [0.1, 0.15) is 42.5 Å². The highest BCUT2D eigenvalue weighted by molar-refractivity contribution is 5.93. The van der Waals surface area contributed by atoms with Crippen LogP contribution in [0.4, 0.5) is 0 Å². The van der Waals surface area contributed by atoms with E-state index in [1.54, 1.807) is 0 Å². The molecular weight excluding hydrogens is 314 g/mol. The summed E-state index contributed by atoms with van der Waals surface area (Å²) in [5.41, 5.74) is 6.51. The lowest BCUT2D eigenvalue weighted by Gasteiger charge is -2.28. The van der Waals surface area contributed by atoms with Gasteiger partial charge < -0.3 is 4.90 Å². The number of benzene rings is 3. The molecule has 0 amide bonds. The molecule has 0 aromatic heterocycles. The lowest BCUT2D eigenvalue weighted by atomic mass is 10.00. The first kappa shape index (κ1) is 18.3. The monoisotopic (exact) mass is 343 g/mol. The minimum Gasteiger partial charge on any atom is -0.367 e. The van der Waals surface area contributed by atoms with Gasteiger partial charge in [0.2, 0.25) is 0 Å². The molecule has 0 N–H and O–H groups in total. The van der Waals surface area contributed by atoms with Crippen molar-refractivity contribution in [2.24, 2.45) is 0 Å². The Kier molecular flexibility index (Phi) is 5.78. The summed E-state index contributed by atoms with van der Waals surface area (Å²) in [5.74, 6) is 0. The summed E-state index contributed by atoms with van der Waals surface area (Å²) < 4.78 is 0. The molecule has 0 saturated heterocycles. The van der Waals surface area contributed by atoms with Crippen molar-refractivity contribution >= 4 is 16.5 Å². The molecule has 3 aromatic carbocycles. The maximum absolute atomic E-state index is 4.48. The van der Waals surface area contributed by atoms with Crippen molar-refractivity contribution < 1.29 is 0 Å². The molecule has 0 heterocycles. The quantitative estimate of drug-likeness (QED) is 0.467. The second kappa shape index (κ2) is 8.23. The predicted octanol–water partition coefficient (Wildman–Crippen LogP) is 6.59. The molecule has 3 rings (SSSR count). The van der Waals surface area contributed by atoms with Crippen LogP contribution in [0.3, 0.4) is 0 Å². The smallest absolute Gasteiger partial charge is 0.0432 e. The molecule has 0 aliphatic heterocycles. The second-order valence-electron chi connectivity index (χ2n) is 7.01. The topological polar surface area (TPSA) is 3.24 Å². The van der Waals surface area contributed by atoms with E-state index >= 15 is 0 Å². The van der Waals surface area contributed by atoms with Gasteiger partial charge in [-0.2, -0.15) is 0 Å². The van der Waals surface area contributed by atoms with Crippen LogP contribution in [-0.4, -0.2) is 11.4 Å². The zero-order valence-corrected chi connectivity index (χ0v) is 16.3. The summed E-state index contributed by atoms with van der Waals surface area (Å²) in [5, 5.41) is 2.55. The standard InChI is InChI=1S/C25H29N/c1-5-16-26(18-23-15-14-21(6-2)17-19(23)3)20(4)24-13-9-11-22-10-7-8-12-25(22)24/h7-15,17H,4-6,16,18H2,1-3H3. The van der Waals surface area contributed by atoms with Crippen molar-refractivity contribution in [3.8, 4) is 0 Å². The molecule has 26 heavy (non-hydrogen) atoms.